The summed E-state index contributed by atoms with van der Waals surface area (Å²) < 4.78 is 4.86. The Morgan fingerprint density at radius 2 is 2.29 bits per heavy atom. The van der Waals surface area contributed by atoms with Crippen LogP contribution in [0.25, 0.3) is 0 Å². The molecule has 0 aliphatic carbocycles. The average molecular weight is 257 g/mol. The molecule has 0 radical (unpaired) electrons. The zero-order valence-electron chi connectivity index (χ0n) is 9.59. The fourth-order valence-electron chi connectivity index (χ4n) is 1.33. The molecule has 0 saturated heterocycles. The first-order valence-corrected chi connectivity index (χ1v) is 6.02. The predicted molar refractivity (Wildman–Crippen MR) is 64.1 cm³/mol. The molecule has 1 aromatic rings. The third kappa shape index (κ3) is 4.97. The van der Waals surface area contributed by atoms with E-state index in [0.29, 0.717) is 13.2 Å². The number of ether oxygens (including phenoxy) is 1. The van der Waals surface area contributed by atoms with Crippen molar-refractivity contribution >= 4 is 23.2 Å². The second-order valence-electron chi connectivity index (χ2n) is 3.46. The van der Waals surface area contributed by atoms with Crippen LogP contribution in [0.3, 0.4) is 0 Å². The Morgan fingerprint density at radius 1 is 1.53 bits per heavy atom. The van der Waals surface area contributed by atoms with E-state index in [9.17, 15) is 9.59 Å². The minimum absolute atomic E-state index is 0.188. The smallest absolute Gasteiger partial charge is 0.323 e. The zero-order chi connectivity index (χ0) is 12.7. The molecular weight excluding hydrogens is 242 g/mol. The molecule has 1 heterocycles. The third-order valence-electron chi connectivity index (χ3n) is 2.15. The zero-order valence-corrected chi connectivity index (χ0v) is 10.4. The van der Waals surface area contributed by atoms with Gasteiger partial charge in [-0.05, 0) is 11.4 Å². The molecule has 5 nitrogen and oxygen atoms in total. The Bertz CT molecular complexity index is 364. The lowest BCUT2D eigenvalue weighted by Crippen LogP contribution is -2.38. The van der Waals surface area contributed by atoms with Gasteiger partial charge in [-0.3, -0.25) is 9.59 Å². The summed E-state index contributed by atoms with van der Waals surface area (Å²) in [5.41, 5.74) is 0. The predicted octanol–water partition coefficient (Wildman–Crippen LogP) is 0.850. The van der Waals surface area contributed by atoms with E-state index in [1.807, 2.05) is 17.5 Å². The number of methoxy groups -OCH3 is 1. The molecule has 1 amide bonds. The second-order valence-corrected chi connectivity index (χ2v) is 4.49. The van der Waals surface area contributed by atoms with Crippen molar-refractivity contribution in [3.05, 3.63) is 22.4 Å². The van der Waals surface area contributed by atoms with Gasteiger partial charge in [0.05, 0.1) is 13.0 Å². The average Bonchev–Trinajstić information content (AvgIpc) is 2.76. The summed E-state index contributed by atoms with van der Waals surface area (Å²) >= 11 is 1.49. The number of thiophene rings is 1. The number of hydrogen-bond donors (Lipinski definition) is 1. The van der Waals surface area contributed by atoms with Crippen molar-refractivity contribution in [2.45, 2.75) is 6.42 Å². The maximum atomic E-state index is 11.9. The number of rotatable bonds is 7. The minimum atomic E-state index is -1.01. The molecule has 0 atom stereocenters. The molecule has 0 spiro atoms. The highest BCUT2D eigenvalue weighted by Crippen LogP contribution is 2.10. The van der Waals surface area contributed by atoms with Crippen molar-refractivity contribution in [3.63, 3.8) is 0 Å². The van der Waals surface area contributed by atoms with Crippen molar-refractivity contribution in [1.82, 2.24) is 4.90 Å². The number of carboxylic acid groups (broad SMARTS) is 1. The maximum Gasteiger partial charge on any atom is 0.323 e. The van der Waals surface area contributed by atoms with Crippen LogP contribution in [0.2, 0.25) is 0 Å². The Kier molecular flexibility index (Phi) is 5.65. The van der Waals surface area contributed by atoms with E-state index >= 15 is 0 Å². The second kappa shape index (κ2) is 7.03. The number of aliphatic carboxylic acids is 1. The van der Waals surface area contributed by atoms with Crippen LogP contribution in [0.5, 0.6) is 0 Å². The molecule has 0 bridgehead atoms. The molecule has 94 valence electrons. The first-order chi connectivity index (χ1) is 8.13. The van der Waals surface area contributed by atoms with Gasteiger partial charge in [-0.2, -0.15) is 0 Å². The van der Waals surface area contributed by atoms with Crippen molar-refractivity contribution in [2.24, 2.45) is 0 Å². The van der Waals surface area contributed by atoms with Crippen LogP contribution in [0, 0.1) is 0 Å². The van der Waals surface area contributed by atoms with E-state index in [1.165, 1.54) is 23.3 Å². The summed E-state index contributed by atoms with van der Waals surface area (Å²) in [5.74, 6) is -1.20. The standard InChI is InChI=1S/C11H15NO4S/c1-16-5-4-12(8-11(14)15)10(13)7-9-3-2-6-17-9/h2-3,6H,4-5,7-8H2,1H3,(H,14,15). The van der Waals surface area contributed by atoms with E-state index in [4.69, 9.17) is 9.84 Å². The van der Waals surface area contributed by atoms with Gasteiger partial charge in [-0.1, -0.05) is 6.07 Å². The molecule has 1 N–H and O–H groups in total. The lowest BCUT2D eigenvalue weighted by Gasteiger charge is -2.19. The first-order valence-electron chi connectivity index (χ1n) is 5.14. The van der Waals surface area contributed by atoms with Crippen LogP contribution < -0.4 is 0 Å². The molecule has 0 aromatic carbocycles. The van der Waals surface area contributed by atoms with Gasteiger partial charge in [0.25, 0.3) is 0 Å². The third-order valence-corrected chi connectivity index (χ3v) is 3.03. The van der Waals surface area contributed by atoms with Crippen LogP contribution >= 0.6 is 11.3 Å². The molecule has 6 heteroatoms. The monoisotopic (exact) mass is 257 g/mol. The molecule has 0 unspecified atom stereocenters. The van der Waals surface area contributed by atoms with Crippen LogP contribution in [0.4, 0.5) is 0 Å². The molecule has 0 saturated carbocycles. The lowest BCUT2D eigenvalue weighted by molar-refractivity contribution is -0.144. The summed E-state index contributed by atoms with van der Waals surface area (Å²) in [5, 5.41) is 10.6. The van der Waals surface area contributed by atoms with Crippen molar-refractivity contribution < 1.29 is 19.4 Å². The molecule has 17 heavy (non-hydrogen) atoms. The molecule has 1 aromatic heterocycles. The van der Waals surface area contributed by atoms with Gasteiger partial charge < -0.3 is 14.7 Å². The summed E-state index contributed by atoms with van der Waals surface area (Å²) in [6.45, 7) is 0.351. The van der Waals surface area contributed by atoms with Gasteiger partial charge >= 0.3 is 5.97 Å². The Hall–Kier alpha value is -1.40. The number of carbonyl (C=O) groups is 2. The maximum absolute atomic E-state index is 11.9. The van der Waals surface area contributed by atoms with Crippen LogP contribution in [0.1, 0.15) is 4.88 Å². The van der Waals surface area contributed by atoms with Crippen molar-refractivity contribution in [2.75, 3.05) is 26.8 Å². The molecule has 0 aliphatic rings. The molecule has 0 fully saturated rings. The van der Waals surface area contributed by atoms with E-state index in [1.54, 1.807) is 0 Å². The summed E-state index contributed by atoms with van der Waals surface area (Å²) in [7, 11) is 1.52. The number of amides is 1. The fraction of sp³-hybridized carbons (Fsp3) is 0.455. The highest BCUT2D eigenvalue weighted by molar-refractivity contribution is 7.10. The number of carbonyl (C=O) groups excluding carboxylic acids is 1. The van der Waals surface area contributed by atoms with E-state index < -0.39 is 5.97 Å². The van der Waals surface area contributed by atoms with E-state index in [0.717, 1.165) is 4.88 Å². The van der Waals surface area contributed by atoms with Crippen molar-refractivity contribution in [1.29, 1.82) is 0 Å². The van der Waals surface area contributed by atoms with E-state index in [2.05, 4.69) is 0 Å². The van der Waals surface area contributed by atoms with Gasteiger partial charge in [-0.25, -0.2) is 0 Å². The summed E-state index contributed by atoms with van der Waals surface area (Å²) in [4.78, 5) is 24.7. The van der Waals surface area contributed by atoms with Gasteiger partial charge in [0.1, 0.15) is 6.54 Å². The lowest BCUT2D eigenvalue weighted by atomic mass is 10.3. The molecule has 1 rings (SSSR count). The first kappa shape index (κ1) is 13.7. The van der Waals surface area contributed by atoms with Crippen LogP contribution in [0.15, 0.2) is 17.5 Å². The largest absolute Gasteiger partial charge is 0.480 e. The quantitative estimate of drug-likeness (QED) is 0.786. The molecule has 0 aliphatic heterocycles. The Labute approximate surface area is 104 Å². The highest BCUT2D eigenvalue weighted by atomic mass is 32.1. The minimum Gasteiger partial charge on any atom is -0.480 e. The Morgan fingerprint density at radius 3 is 2.82 bits per heavy atom. The Balaban J connectivity index is 2.55. The SMILES string of the molecule is COCCN(CC(=O)O)C(=O)Cc1cccs1. The summed E-state index contributed by atoms with van der Waals surface area (Å²) in [6, 6.07) is 3.72. The van der Waals surface area contributed by atoms with Gasteiger partial charge in [-0.15, -0.1) is 11.3 Å². The van der Waals surface area contributed by atoms with Crippen molar-refractivity contribution in [3.8, 4) is 0 Å². The highest BCUT2D eigenvalue weighted by Gasteiger charge is 2.16. The normalized spacial score (nSPS) is 10.2. The molecular formula is C11H15NO4S. The number of nitrogens with zero attached hydrogens (tertiary/aromatic N) is 1. The van der Waals surface area contributed by atoms with E-state index in [-0.39, 0.29) is 18.9 Å². The van der Waals surface area contributed by atoms with Gasteiger partial charge in [0, 0.05) is 18.5 Å². The van der Waals surface area contributed by atoms with Crippen LogP contribution in [-0.2, 0) is 20.7 Å². The summed E-state index contributed by atoms with van der Waals surface area (Å²) in [6.07, 6.45) is 0.245. The van der Waals surface area contributed by atoms with Gasteiger partial charge in [0.2, 0.25) is 5.91 Å². The number of hydrogen-bond acceptors (Lipinski definition) is 4. The number of carboxylic acids is 1. The van der Waals surface area contributed by atoms with Gasteiger partial charge in [0.15, 0.2) is 0 Å². The fourth-order valence-corrected chi connectivity index (χ4v) is 2.03. The topological polar surface area (TPSA) is 66.8 Å². The van der Waals surface area contributed by atoms with Crippen LogP contribution in [-0.4, -0.2) is 48.7 Å².